The van der Waals surface area contributed by atoms with Crippen molar-refractivity contribution >= 4 is 17.6 Å². The summed E-state index contributed by atoms with van der Waals surface area (Å²) in [7, 11) is 3.34. The minimum Gasteiger partial charge on any atom is -0.385 e. The smallest absolute Gasteiger partial charge is 0.270 e. The van der Waals surface area contributed by atoms with E-state index in [2.05, 4.69) is 10.7 Å². The predicted octanol–water partition coefficient (Wildman–Crippen LogP) is 1.76. The summed E-state index contributed by atoms with van der Waals surface area (Å²) in [5.41, 5.74) is 5.29. The number of ether oxygens (including phenoxy) is 1. The second-order valence-corrected chi connectivity index (χ2v) is 7.22. The molecule has 1 heterocycles. The van der Waals surface area contributed by atoms with Crippen LogP contribution in [0, 0.1) is 13.8 Å². The van der Waals surface area contributed by atoms with Gasteiger partial charge in [0.1, 0.15) is 0 Å². The van der Waals surface area contributed by atoms with E-state index in [0.717, 1.165) is 12.1 Å². The molecule has 1 aromatic heterocycles. The third-order valence-electron chi connectivity index (χ3n) is 4.66. The molecular formula is C22H30N4O4. The number of hydrogen-bond donors (Lipinski definition) is 2. The average Bonchev–Trinajstić information content (AvgIpc) is 3.00. The number of nitrogens with zero attached hydrogens (tertiary/aromatic N) is 2. The number of ketones is 1. The molecule has 0 saturated carbocycles. The van der Waals surface area contributed by atoms with Gasteiger partial charge in [0.2, 0.25) is 5.91 Å². The van der Waals surface area contributed by atoms with E-state index < -0.39 is 0 Å². The van der Waals surface area contributed by atoms with Gasteiger partial charge in [0.05, 0.1) is 13.1 Å². The topological polar surface area (TPSA) is 92.7 Å². The van der Waals surface area contributed by atoms with Gasteiger partial charge in [0.15, 0.2) is 5.78 Å². The molecule has 0 aliphatic carbocycles. The van der Waals surface area contributed by atoms with Crippen LogP contribution in [0.1, 0.15) is 38.5 Å². The lowest BCUT2D eigenvalue weighted by Gasteiger charge is -2.16. The zero-order valence-electron chi connectivity index (χ0n) is 18.0. The highest BCUT2D eigenvalue weighted by Gasteiger charge is 2.19. The molecule has 162 valence electrons. The van der Waals surface area contributed by atoms with Crippen molar-refractivity contribution in [1.82, 2.24) is 14.9 Å². The van der Waals surface area contributed by atoms with Crippen molar-refractivity contribution in [3.05, 3.63) is 58.9 Å². The summed E-state index contributed by atoms with van der Waals surface area (Å²) < 4.78 is 6.56. The summed E-state index contributed by atoms with van der Waals surface area (Å²) in [5, 5.41) is 2.80. The van der Waals surface area contributed by atoms with Crippen LogP contribution in [0.3, 0.4) is 0 Å². The number of benzene rings is 1. The second-order valence-electron chi connectivity index (χ2n) is 7.22. The Balaban J connectivity index is 1.95. The number of nitrogens with one attached hydrogen (secondary N) is 2. The van der Waals surface area contributed by atoms with Crippen LogP contribution >= 0.6 is 0 Å². The monoisotopic (exact) mass is 414 g/mol. The van der Waals surface area contributed by atoms with E-state index in [1.54, 1.807) is 61.0 Å². The van der Waals surface area contributed by atoms with E-state index in [1.807, 2.05) is 13.0 Å². The van der Waals surface area contributed by atoms with Crippen molar-refractivity contribution in [2.75, 3.05) is 45.8 Å². The number of carbonyl (C=O) groups excluding carboxylic acids is 3. The Labute approximate surface area is 177 Å². The van der Waals surface area contributed by atoms with Crippen molar-refractivity contribution in [2.24, 2.45) is 0 Å². The maximum absolute atomic E-state index is 12.8. The maximum Gasteiger partial charge on any atom is 0.270 e. The summed E-state index contributed by atoms with van der Waals surface area (Å²) in [4.78, 5) is 38.8. The molecule has 8 heteroatoms. The molecule has 2 aromatic rings. The summed E-state index contributed by atoms with van der Waals surface area (Å²) >= 11 is 0. The fraction of sp³-hybridized carbons (Fsp3) is 0.409. The molecular weight excluding hydrogens is 384 g/mol. The van der Waals surface area contributed by atoms with Gasteiger partial charge in [0.25, 0.3) is 5.91 Å². The molecule has 0 fully saturated rings. The molecule has 2 rings (SSSR count). The van der Waals surface area contributed by atoms with Gasteiger partial charge in [-0.05, 0) is 45.5 Å². The van der Waals surface area contributed by atoms with Gasteiger partial charge >= 0.3 is 0 Å². The number of carbonyl (C=O) groups is 3. The molecule has 0 bridgehead atoms. The molecule has 2 amide bonds. The van der Waals surface area contributed by atoms with Crippen LogP contribution in [-0.4, -0.2) is 67.6 Å². The fourth-order valence-corrected chi connectivity index (χ4v) is 3.10. The number of hydrogen-bond acceptors (Lipinski definition) is 5. The Hall–Kier alpha value is -2.97. The van der Waals surface area contributed by atoms with Gasteiger partial charge in [-0.1, -0.05) is 18.2 Å². The number of aryl methyl sites for hydroxylation is 1. The number of Topliss-reactive ketones (excluding diaryl/α,β-unsaturated/α-hetero) is 1. The number of methoxy groups -OCH3 is 1. The van der Waals surface area contributed by atoms with Crippen LogP contribution in [0.15, 0.2) is 36.4 Å². The molecule has 8 nitrogen and oxygen atoms in total. The standard InChI is InChI=1S/C22H30N4O4/c1-16-13-19(17(2)26(16)24-22(29)18-9-6-5-7-10-18)20(27)14-25(3)15-21(28)23-11-8-12-30-4/h5-7,9-10,13H,8,11-12,14-15H2,1-4H3,(H,23,28)(H,24,29). The van der Waals surface area contributed by atoms with Gasteiger partial charge in [-0.3, -0.25) is 29.4 Å². The minimum atomic E-state index is -0.251. The Morgan fingerprint density at radius 3 is 2.47 bits per heavy atom. The van der Waals surface area contributed by atoms with E-state index in [9.17, 15) is 14.4 Å². The lowest BCUT2D eigenvalue weighted by atomic mass is 10.1. The SMILES string of the molecule is COCCCNC(=O)CN(C)CC(=O)c1cc(C)n(NC(=O)c2ccccc2)c1C. The Kier molecular flexibility index (Phi) is 8.76. The zero-order valence-corrected chi connectivity index (χ0v) is 18.0. The van der Waals surface area contributed by atoms with Crippen LogP contribution in [0.5, 0.6) is 0 Å². The first-order chi connectivity index (χ1) is 14.3. The molecule has 0 atom stereocenters. The number of rotatable bonds is 11. The fourth-order valence-electron chi connectivity index (χ4n) is 3.10. The lowest BCUT2D eigenvalue weighted by molar-refractivity contribution is -0.121. The molecule has 0 unspecified atom stereocenters. The van der Waals surface area contributed by atoms with Crippen molar-refractivity contribution in [2.45, 2.75) is 20.3 Å². The van der Waals surface area contributed by atoms with E-state index in [1.165, 1.54) is 0 Å². The van der Waals surface area contributed by atoms with Crippen LogP contribution in [0.25, 0.3) is 0 Å². The highest BCUT2D eigenvalue weighted by Crippen LogP contribution is 2.15. The number of aromatic nitrogens is 1. The molecule has 0 spiro atoms. The quantitative estimate of drug-likeness (QED) is 0.432. The molecule has 2 N–H and O–H groups in total. The van der Waals surface area contributed by atoms with Gasteiger partial charge in [-0.15, -0.1) is 0 Å². The Morgan fingerprint density at radius 1 is 1.10 bits per heavy atom. The highest BCUT2D eigenvalue weighted by molar-refractivity contribution is 6.01. The van der Waals surface area contributed by atoms with Crippen molar-refractivity contribution < 1.29 is 19.1 Å². The van der Waals surface area contributed by atoms with E-state index in [-0.39, 0.29) is 30.7 Å². The molecule has 30 heavy (non-hydrogen) atoms. The van der Waals surface area contributed by atoms with E-state index >= 15 is 0 Å². The molecule has 0 radical (unpaired) electrons. The maximum atomic E-state index is 12.8. The molecule has 1 aromatic carbocycles. The first kappa shape index (κ1) is 23.3. The van der Waals surface area contributed by atoms with E-state index in [0.29, 0.717) is 30.0 Å². The molecule has 0 saturated heterocycles. The van der Waals surface area contributed by atoms with Gasteiger partial charge in [-0.25, -0.2) is 0 Å². The Morgan fingerprint density at radius 2 is 1.80 bits per heavy atom. The van der Waals surface area contributed by atoms with Gasteiger partial charge < -0.3 is 10.1 Å². The third-order valence-corrected chi connectivity index (χ3v) is 4.66. The summed E-state index contributed by atoms with van der Waals surface area (Å²) in [5.74, 6) is -0.501. The van der Waals surface area contributed by atoms with Crippen LogP contribution in [0.2, 0.25) is 0 Å². The summed E-state index contributed by atoms with van der Waals surface area (Å²) in [6.07, 6.45) is 0.742. The van der Waals surface area contributed by atoms with Crippen molar-refractivity contribution in [1.29, 1.82) is 0 Å². The zero-order chi connectivity index (χ0) is 22.1. The largest absolute Gasteiger partial charge is 0.385 e. The predicted molar refractivity (Wildman–Crippen MR) is 115 cm³/mol. The summed E-state index contributed by atoms with van der Waals surface area (Å²) in [6, 6.07) is 10.6. The number of likely N-dealkylation sites (N-methyl/N-ethyl adjacent to an activating group) is 1. The van der Waals surface area contributed by atoms with Crippen molar-refractivity contribution in [3.63, 3.8) is 0 Å². The van der Waals surface area contributed by atoms with Crippen molar-refractivity contribution in [3.8, 4) is 0 Å². The second kappa shape index (κ2) is 11.3. The van der Waals surface area contributed by atoms with Crippen LogP contribution < -0.4 is 10.7 Å². The lowest BCUT2D eigenvalue weighted by Crippen LogP contribution is -2.38. The summed E-state index contributed by atoms with van der Waals surface area (Å²) in [6.45, 7) is 4.96. The van der Waals surface area contributed by atoms with Crippen LogP contribution in [-0.2, 0) is 9.53 Å². The highest BCUT2D eigenvalue weighted by atomic mass is 16.5. The van der Waals surface area contributed by atoms with Crippen LogP contribution in [0.4, 0.5) is 0 Å². The molecule has 0 aliphatic rings. The third kappa shape index (κ3) is 6.53. The number of amides is 2. The first-order valence-electron chi connectivity index (χ1n) is 9.86. The molecule has 0 aliphatic heterocycles. The van der Waals surface area contributed by atoms with Gasteiger partial charge in [0, 0.05) is 42.8 Å². The first-order valence-corrected chi connectivity index (χ1v) is 9.86. The average molecular weight is 415 g/mol. The van der Waals surface area contributed by atoms with E-state index in [4.69, 9.17) is 4.74 Å². The Bertz CT molecular complexity index is 877. The normalized spacial score (nSPS) is 10.8. The minimum absolute atomic E-state index is 0.0996. The van der Waals surface area contributed by atoms with Gasteiger partial charge in [-0.2, -0.15) is 0 Å².